The smallest absolute Gasteiger partial charge is 0.230 e. The molecule has 1 fully saturated rings. The minimum Gasteiger partial charge on any atom is -0.378 e. The number of amides is 1. The summed E-state index contributed by atoms with van der Waals surface area (Å²) < 4.78 is 5.49. The molecule has 1 heterocycles. The van der Waals surface area contributed by atoms with Crippen molar-refractivity contribution >= 4 is 11.7 Å². The van der Waals surface area contributed by atoms with E-state index in [0.717, 1.165) is 32.5 Å². The summed E-state index contributed by atoms with van der Waals surface area (Å²) in [5.41, 5.74) is 0. The fourth-order valence-corrected chi connectivity index (χ4v) is 1.83. The van der Waals surface area contributed by atoms with Gasteiger partial charge in [-0.25, -0.2) is 0 Å². The minimum atomic E-state index is -0.0630. The highest BCUT2D eigenvalue weighted by Gasteiger charge is 2.23. The van der Waals surface area contributed by atoms with Gasteiger partial charge in [0, 0.05) is 19.7 Å². The molecule has 0 aromatic heterocycles. The van der Waals surface area contributed by atoms with Gasteiger partial charge in [0.1, 0.15) is 5.78 Å². The lowest BCUT2D eigenvalue weighted by Gasteiger charge is -2.31. The maximum absolute atomic E-state index is 11.5. The van der Waals surface area contributed by atoms with Crippen LogP contribution in [0.3, 0.4) is 0 Å². The third kappa shape index (κ3) is 4.00. The van der Waals surface area contributed by atoms with Crippen molar-refractivity contribution in [1.29, 1.82) is 0 Å². The van der Waals surface area contributed by atoms with Crippen molar-refractivity contribution < 1.29 is 14.3 Å². The lowest BCUT2D eigenvalue weighted by atomic mass is 10.1. The Morgan fingerprint density at radius 2 is 1.93 bits per heavy atom. The number of ether oxygens (including phenoxy) is 1. The van der Waals surface area contributed by atoms with Crippen LogP contribution in [0.1, 0.15) is 33.1 Å². The molecule has 1 amide bonds. The van der Waals surface area contributed by atoms with E-state index in [4.69, 9.17) is 4.74 Å². The van der Waals surface area contributed by atoms with E-state index >= 15 is 0 Å². The topological polar surface area (TPSA) is 46.6 Å². The average molecular weight is 213 g/mol. The molecule has 1 saturated heterocycles. The van der Waals surface area contributed by atoms with E-state index < -0.39 is 0 Å². The molecule has 0 saturated carbocycles. The average Bonchev–Trinajstić information content (AvgIpc) is 2.18. The Kier molecular flexibility index (Phi) is 4.75. The summed E-state index contributed by atoms with van der Waals surface area (Å²) in [4.78, 5) is 24.1. The summed E-state index contributed by atoms with van der Waals surface area (Å²) in [5, 5.41) is 0. The first-order valence-corrected chi connectivity index (χ1v) is 5.52. The number of ketones is 1. The molecule has 0 aromatic carbocycles. The van der Waals surface area contributed by atoms with Crippen molar-refractivity contribution in [2.24, 2.45) is 0 Å². The maximum Gasteiger partial charge on any atom is 0.230 e. The van der Waals surface area contributed by atoms with Crippen molar-refractivity contribution in [3.63, 3.8) is 0 Å². The van der Waals surface area contributed by atoms with Crippen LogP contribution in [0.2, 0.25) is 0 Å². The first-order chi connectivity index (χ1) is 7.13. The van der Waals surface area contributed by atoms with E-state index in [9.17, 15) is 9.59 Å². The maximum atomic E-state index is 11.5. The number of carbonyl (C=O) groups excluding carboxylic acids is 2. The molecule has 1 aliphatic rings. The molecular formula is C11H19NO3. The fourth-order valence-electron chi connectivity index (χ4n) is 1.83. The van der Waals surface area contributed by atoms with Crippen LogP contribution in [0.15, 0.2) is 0 Å². The highest BCUT2D eigenvalue weighted by atomic mass is 16.5. The molecule has 0 radical (unpaired) electrons. The van der Waals surface area contributed by atoms with Crippen LogP contribution in [-0.4, -0.2) is 42.4 Å². The van der Waals surface area contributed by atoms with Crippen LogP contribution in [0.4, 0.5) is 0 Å². The number of piperidine rings is 1. The van der Waals surface area contributed by atoms with Crippen LogP contribution in [0.25, 0.3) is 0 Å². The zero-order valence-corrected chi connectivity index (χ0v) is 9.49. The molecule has 0 N–H and O–H groups in total. The van der Waals surface area contributed by atoms with E-state index in [1.54, 1.807) is 4.90 Å². The second kappa shape index (κ2) is 5.85. The summed E-state index contributed by atoms with van der Waals surface area (Å²) >= 11 is 0. The first-order valence-electron chi connectivity index (χ1n) is 5.52. The number of Topliss-reactive ketones (excluding diaryl/α,β-unsaturated/α-hetero) is 1. The molecule has 0 atom stereocenters. The third-order valence-electron chi connectivity index (χ3n) is 2.60. The van der Waals surface area contributed by atoms with Gasteiger partial charge in [-0.1, -0.05) is 0 Å². The van der Waals surface area contributed by atoms with E-state index in [0.29, 0.717) is 0 Å². The molecule has 1 aliphatic heterocycles. The molecule has 15 heavy (non-hydrogen) atoms. The van der Waals surface area contributed by atoms with Gasteiger partial charge in [-0.3, -0.25) is 9.59 Å². The normalized spacial score (nSPS) is 17.9. The predicted molar refractivity (Wildman–Crippen MR) is 56.5 cm³/mol. The molecule has 4 heteroatoms. The van der Waals surface area contributed by atoms with Gasteiger partial charge in [0.05, 0.1) is 12.5 Å². The second-order valence-electron chi connectivity index (χ2n) is 3.91. The van der Waals surface area contributed by atoms with Crippen LogP contribution in [-0.2, 0) is 14.3 Å². The Morgan fingerprint density at radius 1 is 1.33 bits per heavy atom. The van der Waals surface area contributed by atoms with Gasteiger partial charge in [-0.2, -0.15) is 0 Å². The van der Waals surface area contributed by atoms with Crippen LogP contribution < -0.4 is 0 Å². The Bertz CT molecular complexity index is 232. The first kappa shape index (κ1) is 12.2. The summed E-state index contributed by atoms with van der Waals surface area (Å²) in [6, 6.07) is 0. The standard InChI is InChI=1S/C11H19NO3/c1-3-15-10-4-6-12(7-5-10)11(14)8-9(2)13/h10H,3-8H2,1-2H3. The molecule has 4 nitrogen and oxygen atoms in total. The van der Waals surface area contributed by atoms with Gasteiger partial charge in [-0.15, -0.1) is 0 Å². The molecule has 0 aliphatic carbocycles. The summed E-state index contributed by atoms with van der Waals surface area (Å²) in [7, 11) is 0. The molecule has 0 aromatic rings. The Labute approximate surface area is 90.6 Å². The van der Waals surface area contributed by atoms with E-state index in [1.165, 1.54) is 6.92 Å². The Balaban J connectivity index is 2.30. The number of carbonyl (C=O) groups is 2. The van der Waals surface area contributed by atoms with Crippen LogP contribution in [0, 0.1) is 0 Å². The van der Waals surface area contributed by atoms with Crippen LogP contribution >= 0.6 is 0 Å². The van der Waals surface area contributed by atoms with Crippen molar-refractivity contribution in [1.82, 2.24) is 4.90 Å². The minimum absolute atomic E-state index is 0.0410. The van der Waals surface area contributed by atoms with E-state index in [2.05, 4.69) is 0 Å². The molecule has 1 rings (SSSR count). The fraction of sp³-hybridized carbons (Fsp3) is 0.818. The van der Waals surface area contributed by atoms with E-state index in [1.807, 2.05) is 6.92 Å². The Morgan fingerprint density at radius 3 is 2.40 bits per heavy atom. The summed E-state index contributed by atoms with van der Waals surface area (Å²) in [5.74, 6) is -0.107. The molecule has 0 spiro atoms. The van der Waals surface area contributed by atoms with Gasteiger partial charge in [0.2, 0.25) is 5.91 Å². The summed E-state index contributed by atoms with van der Waals surface area (Å²) in [6.45, 7) is 5.59. The van der Waals surface area contributed by atoms with E-state index in [-0.39, 0.29) is 24.2 Å². The highest BCUT2D eigenvalue weighted by Crippen LogP contribution is 2.14. The second-order valence-corrected chi connectivity index (χ2v) is 3.91. The molecule has 0 unspecified atom stereocenters. The third-order valence-corrected chi connectivity index (χ3v) is 2.60. The van der Waals surface area contributed by atoms with Crippen molar-refractivity contribution in [2.75, 3.05) is 19.7 Å². The van der Waals surface area contributed by atoms with Crippen molar-refractivity contribution in [3.8, 4) is 0 Å². The van der Waals surface area contributed by atoms with Gasteiger partial charge in [0.15, 0.2) is 0 Å². The lowest BCUT2D eigenvalue weighted by Crippen LogP contribution is -2.41. The zero-order chi connectivity index (χ0) is 11.3. The van der Waals surface area contributed by atoms with Gasteiger partial charge >= 0.3 is 0 Å². The SMILES string of the molecule is CCOC1CCN(C(=O)CC(C)=O)CC1. The van der Waals surface area contributed by atoms with Gasteiger partial charge in [-0.05, 0) is 26.7 Å². The number of hydrogen-bond acceptors (Lipinski definition) is 3. The van der Waals surface area contributed by atoms with Crippen LogP contribution in [0.5, 0.6) is 0 Å². The number of rotatable bonds is 4. The number of hydrogen-bond donors (Lipinski definition) is 0. The van der Waals surface area contributed by atoms with Crippen molar-refractivity contribution in [2.45, 2.75) is 39.2 Å². The summed E-state index contributed by atoms with van der Waals surface area (Å²) in [6.07, 6.45) is 2.10. The number of likely N-dealkylation sites (tertiary alicyclic amines) is 1. The van der Waals surface area contributed by atoms with Gasteiger partial charge in [0.25, 0.3) is 0 Å². The molecular weight excluding hydrogens is 194 g/mol. The highest BCUT2D eigenvalue weighted by molar-refractivity contribution is 5.96. The number of nitrogens with zero attached hydrogens (tertiary/aromatic N) is 1. The van der Waals surface area contributed by atoms with Gasteiger partial charge < -0.3 is 9.64 Å². The monoisotopic (exact) mass is 213 g/mol. The lowest BCUT2D eigenvalue weighted by molar-refractivity contribution is -0.136. The predicted octanol–water partition coefficient (Wildman–Crippen LogP) is 0.993. The largest absolute Gasteiger partial charge is 0.378 e. The Hall–Kier alpha value is -0.900. The van der Waals surface area contributed by atoms with Crippen molar-refractivity contribution in [3.05, 3.63) is 0 Å². The zero-order valence-electron chi connectivity index (χ0n) is 9.49. The molecule has 86 valence electrons. The quantitative estimate of drug-likeness (QED) is 0.654. The molecule has 0 bridgehead atoms.